The van der Waals surface area contributed by atoms with Gasteiger partial charge in [0, 0.05) is 0 Å². The van der Waals surface area contributed by atoms with Crippen molar-refractivity contribution < 1.29 is 13.5 Å². The summed E-state index contributed by atoms with van der Waals surface area (Å²) in [6.07, 6.45) is 1.44. The van der Waals surface area contributed by atoms with Crippen LogP contribution in [0.3, 0.4) is 0 Å². The minimum Gasteiger partial charge on any atom is -0.385 e. The second-order valence-corrected chi connectivity index (χ2v) is 6.45. The molecule has 0 atom stereocenters. The number of hydrogen-bond acceptors (Lipinski definition) is 3. The van der Waals surface area contributed by atoms with Crippen molar-refractivity contribution in [3.8, 4) is 0 Å². The molecule has 0 saturated heterocycles. The van der Waals surface area contributed by atoms with Gasteiger partial charge < -0.3 is 5.11 Å². The predicted molar refractivity (Wildman–Crippen MR) is 68.4 cm³/mol. The fourth-order valence-corrected chi connectivity index (χ4v) is 3.40. The molecule has 0 spiro atoms. The van der Waals surface area contributed by atoms with Gasteiger partial charge in [-0.05, 0) is 39.8 Å². The number of aryl methyl sites for hydroxylation is 1. The van der Waals surface area contributed by atoms with Crippen molar-refractivity contribution >= 4 is 9.84 Å². The Morgan fingerprint density at radius 1 is 1.24 bits per heavy atom. The zero-order chi connectivity index (χ0) is 13.3. The van der Waals surface area contributed by atoms with Crippen LogP contribution in [0.4, 0.5) is 0 Å². The van der Waals surface area contributed by atoms with Crippen LogP contribution >= 0.6 is 0 Å². The molecular weight excluding hydrogens is 236 g/mol. The summed E-state index contributed by atoms with van der Waals surface area (Å²) in [4.78, 5) is 0.229. The molecule has 0 heterocycles. The largest absolute Gasteiger partial charge is 0.385 e. The molecule has 1 aromatic rings. The molecule has 0 aromatic heterocycles. The molecule has 17 heavy (non-hydrogen) atoms. The van der Waals surface area contributed by atoms with Crippen molar-refractivity contribution in [2.75, 3.05) is 0 Å². The van der Waals surface area contributed by atoms with E-state index in [1.807, 2.05) is 6.92 Å². The third-order valence-electron chi connectivity index (χ3n) is 2.49. The molecule has 0 aliphatic heterocycles. The molecule has 0 unspecified atom stereocenters. The van der Waals surface area contributed by atoms with Crippen LogP contribution in [0.25, 0.3) is 0 Å². The third kappa shape index (κ3) is 2.96. The maximum atomic E-state index is 12.3. The first-order valence-corrected chi connectivity index (χ1v) is 6.89. The number of benzene rings is 1. The summed E-state index contributed by atoms with van der Waals surface area (Å²) in [5, 5.41) is 9.88. The molecule has 0 fully saturated rings. The number of hydrogen-bond donors (Lipinski definition) is 1. The maximum absolute atomic E-state index is 12.3. The van der Waals surface area contributed by atoms with Gasteiger partial charge in [-0.2, -0.15) is 0 Å². The van der Waals surface area contributed by atoms with Gasteiger partial charge in [-0.25, -0.2) is 8.42 Å². The van der Waals surface area contributed by atoms with Crippen LogP contribution in [0, 0.1) is 6.92 Å². The Hall–Kier alpha value is -1.13. The van der Waals surface area contributed by atoms with E-state index in [9.17, 15) is 13.5 Å². The normalized spacial score (nSPS) is 13.8. The SMILES string of the molecule is C/C=C(/C(C)(C)O)S(=O)(=O)c1ccc(C)cc1. The van der Waals surface area contributed by atoms with Crippen LogP contribution in [0.1, 0.15) is 26.3 Å². The Labute approximate surface area is 103 Å². The average molecular weight is 254 g/mol. The zero-order valence-corrected chi connectivity index (χ0v) is 11.4. The lowest BCUT2D eigenvalue weighted by Crippen LogP contribution is -2.27. The van der Waals surface area contributed by atoms with Gasteiger partial charge in [0.25, 0.3) is 0 Å². The van der Waals surface area contributed by atoms with Crippen molar-refractivity contribution in [3.63, 3.8) is 0 Å². The predicted octanol–water partition coefficient (Wildman–Crippen LogP) is 2.44. The van der Waals surface area contributed by atoms with Gasteiger partial charge in [-0.1, -0.05) is 23.8 Å². The molecule has 0 aliphatic rings. The van der Waals surface area contributed by atoms with E-state index in [4.69, 9.17) is 0 Å². The Morgan fingerprint density at radius 2 is 1.71 bits per heavy atom. The highest BCUT2D eigenvalue weighted by molar-refractivity contribution is 7.95. The van der Waals surface area contributed by atoms with Crippen LogP contribution in [-0.2, 0) is 9.84 Å². The van der Waals surface area contributed by atoms with Gasteiger partial charge in [0.15, 0.2) is 0 Å². The summed E-state index contributed by atoms with van der Waals surface area (Å²) < 4.78 is 24.6. The summed E-state index contributed by atoms with van der Waals surface area (Å²) in [6, 6.07) is 6.59. The lowest BCUT2D eigenvalue weighted by Gasteiger charge is -2.21. The van der Waals surface area contributed by atoms with Crippen LogP contribution in [-0.4, -0.2) is 19.1 Å². The summed E-state index contributed by atoms with van der Waals surface area (Å²) >= 11 is 0. The fraction of sp³-hybridized carbons (Fsp3) is 0.385. The second-order valence-electron chi connectivity index (χ2n) is 4.53. The maximum Gasteiger partial charge on any atom is 0.205 e. The second kappa shape index (κ2) is 4.63. The zero-order valence-electron chi connectivity index (χ0n) is 10.6. The molecular formula is C13H18O3S. The molecule has 3 nitrogen and oxygen atoms in total. The first-order chi connectivity index (χ1) is 7.69. The highest BCUT2D eigenvalue weighted by atomic mass is 32.2. The van der Waals surface area contributed by atoms with Crippen LogP contribution in [0.2, 0.25) is 0 Å². The molecule has 1 rings (SSSR count). The smallest absolute Gasteiger partial charge is 0.205 e. The van der Waals surface area contributed by atoms with Gasteiger partial charge in [0.2, 0.25) is 9.84 Å². The average Bonchev–Trinajstić information content (AvgIpc) is 2.16. The van der Waals surface area contributed by atoms with Gasteiger partial charge in [-0.3, -0.25) is 0 Å². The van der Waals surface area contributed by atoms with E-state index in [2.05, 4.69) is 0 Å². The lowest BCUT2D eigenvalue weighted by molar-refractivity contribution is 0.127. The van der Waals surface area contributed by atoms with E-state index < -0.39 is 15.4 Å². The Bertz CT molecular complexity index is 517. The number of sulfone groups is 1. The third-order valence-corrected chi connectivity index (χ3v) is 4.69. The van der Waals surface area contributed by atoms with E-state index in [1.165, 1.54) is 19.9 Å². The molecule has 4 heteroatoms. The summed E-state index contributed by atoms with van der Waals surface area (Å²) in [6.45, 7) is 6.43. The Balaban J connectivity index is 3.34. The Kier molecular flexibility index (Phi) is 3.79. The van der Waals surface area contributed by atoms with Crippen LogP contribution < -0.4 is 0 Å². The standard InChI is InChI=1S/C13H18O3S/c1-5-12(13(3,4)14)17(15,16)11-8-6-10(2)7-9-11/h5-9,14H,1-4H3/b12-5-. The topological polar surface area (TPSA) is 54.4 Å². The quantitative estimate of drug-likeness (QED) is 0.901. The van der Waals surface area contributed by atoms with E-state index in [1.54, 1.807) is 31.2 Å². The summed E-state index contributed by atoms with van der Waals surface area (Å²) in [5.74, 6) is 0. The summed E-state index contributed by atoms with van der Waals surface area (Å²) in [5.41, 5.74) is -0.382. The minimum atomic E-state index is -3.61. The molecule has 0 amide bonds. The molecule has 0 bridgehead atoms. The van der Waals surface area contributed by atoms with E-state index in [0.717, 1.165) is 5.56 Å². The van der Waals surface area contributed by atoms with Gasteiger partial charge >= 0.3 is 0 Å². The van der Waals surface area contributed by atoms with Crippen molar-refractivity contribution in [2.45, 2.75) is 38.2 Å². The van der Waals surface area contributed by atoms with E-state index in [0.29, 0.717) is 0 Å². The molecule has 0 aliphatic carbocycles. The van der Waals surface area contributed by atoms with Gasteiger partial charge in [-0.15, -0.1) is 0 Å². The first kappa shape index (κ1) is 13.9. The fourth-order valence-electron chi connectivity index (χ4n) is 1.68. The van der Waals surface area contributed by atoms with Crippen LogP contribution in [0.5, 0.6) is 0 Å². The molecule has 1 aromatic carbocycles. The minimum absolute atomic E-state index is 0.0221. The van der Waals surface area contributed by atoms with Crippen LogP contribution in [0.15, 0.2) is 40.1 Å². The van der Waals surface area contributed by atoms with Crippen molar-refractivity contribution in [1.82, 2.24) is 0 Å². The van der Waals surface area contributed by atoms with Gasteiger partial charge in [0.05, 0.1) is 15.4 Å². The van der Waals surface area contributed by atoms with E-state index in [-0.39, 0.29) is 9.80 Å². The van der Waals surface area contributed by atoms with E-state index >= 15 is 0 Å². The summed E-state index contributed by atoms with van der Waals surface area (Å²) in [7, 11) is -3.61. The van der Waals surface area contributed by atoms with Crippen molar-refractivity contribution in [3.05, 3.63) is 40.8 Å². The molecule has 94 valence electrons. The number of aliphatic hydroxyl groups is 1. The highest BCUT2D eigenvalue weighted by Gasteiger charge is 2.31. The van der Waals surface area contributed by atoms with Gasteiger partial charge in [0.1, 0.15) is 0 Å². The van der Waals surface area contributed by atoms with Crippen molar-refractivity contribution in [1.29, 1.82) is 0 Å². The number of rotatable bonds is 3. The lowest BCUT2D eigenvalue weighted by atomic mass is 10.1. The Morgan fingerprint density at radius 3 is 2.06 bits per heavy atom. The first-order valence-electron chi connectivity index (χ1n) is 5.40. The molecule has 0 saturated carbocycles. The monoisotopic (exact) mass is 254 g/mol. The highest BCUT2D eigenvalue weighted by Crippen LogP contribution is 2.28. The molecule has 0 radical (unpaired) electrons. The molecule has 1 N–H and O–H groups in total. The number of allylic oxidation sites excluding steroid dienone is 1. The van der Waals surface area contributed by atoms with Crippen molar-refractivity contribution in [2.24, 2.45) is 0 Å².